The van der Waals surface area contributed by atoms with E-state index in [4.69, 9.17) is 0 Å². The van der Waals surface area contributed by atoms with Crippen LogP contribution in [-0.2, 0) is 4.79 Å². The number of carbonyl (C=O) groups is 2. The average molecular weight is 343 g/mol. The van der Waals surface area contributed by atoms with Crippen molar-refractivity contribution >= 4 is 17.8 Å². The number of nitrogens with zero attached hydrogens (tertiary/aromatic N) is 3. The van der Waals surface area contributed by atoms with Gasteiger partial charge in [0.15, 0.2) is 0 Å². The Balaban J connectivity index is 1.54. The summed E-state index contributed by atoms with van der Waals surface area (Å²) in [7, 11) is 0. The number of rotatable bonds is 3. The van der Waals surface area contributed by atoms with E-state index in [0.29, 0.717) is 12.5 Å². The molecule has 0 aliphatic carbocycles. The lowest BCUT2D eigenvalue weighted by Crippen LogP contribution is -2.49. The van der Waals surface area contributed by atoms with Crippen LogP contribution in [0, 0.1) is 11.7 Å². The highest BCUT2D eigenvalue weighted by atomic mass is 19.1. The fraction of sp³-hybridized carbons (Fsp3) is 0.294. The van der Waals surface area contributed by atoms with Gasteiger partial charge >= 0.3 is 0 Å². The van der Waals surface area contributed by atoms with Gasteiger partial charge in [-0.05, 0) is 43.2 Å². The molecule has 8 heteroatoms. The molecule has 130 valence electrons. The van der Waals surface area contributed by atoms with E-state index >= 15 is 0 Å². The van der Waals surface area contributed by atoms with E-state index in [1.54, 1.807) is 18.5 Å². The van der Waals surface area contributed by atoms with Gasteiger partial charge in [0, 0.05) is 31.0 Å². The topological polar surface area (TPSA) is 87.2 Å². The standard InChI is InChI=1S/C17H18FN5O2/c18-14-6-4-12(5-7-14)15(24)21-22-16(25)13-3-1-10-23(11-13)17-19-8-2-9-20-17/h2,4-9,13H,1,3,10-11H2,(H,21,24)(H,22,25)/t13-/m0/s1. The maximum atomic E-state index is 12.9. The lowest BCUT2D eigenvalue weighted by atomic mass is 9.98. The minimum atomic E-state index is -0.493. The predicted molar refractivity (Wildman–Crippen MR) is 89.0 cm³/mol. The van der Waals surface area contributed by atoms with Gasteiger partial charge in [0.1, 0.15) is 5.82 Å². The summed E-state index contributed by atoms with van der Waals surface area (Å²) in [5.74, 6) is -0.865. The van der Waals surface area contributed by atoms with Crippen molar-refractivity contribution in [3.63, 3.8) is 0 Å². The minimum Gasteiger partial charge on any atom is -0.340 e. The Kier molecular flexibility index (Phi) is 5.17. The molecule has 3 rings (SSSR count). The van der Waals surface area contributed by atoms with Crippen LogP contribution < -0.4 is 15.8 Å². The Hall–Kier alpha value is -3.03. The number of aromatic nitrogens is 2. The molecule has 7 nitrogen and oxygen atoms in total. The summed E-state index contributed by atoms with van der Waals surface area (Å²) in [4.78, 5) is 34.6. The highest BCUT2D eigenvalue weighted by Gasteiger charge is 2.27. The molecule has 0 radical (unpaired) electrons. The number of piperidine rings is 1. The Labute approximate surface area is 144 Å². The number of amides is 2. The van der Waals surface area contributed by atoms with Crippen molar-refractivity contribution in [2.45, 2.75) is 12.8 Å². The first-order valence-electron chi connectivity index (χ1n) is 8.01. The monoisotopic (exact) mass is 343 g/mol. The van der Waals surface area contributed by atoms with Crippen LogP contribution >= 0.6 is 0 Å². The fourth-order valence-electron chi connectivity index (χ4n) is 2.72. The van der Waals surface area contributed by atoms with Crippen molar-refractivity contribution in [2.75, 3.05) is 18.0 Å². The summed E-state index contributed by atoms with van der Waals surface area (Å²) in [5, 5.41) is 0. The first-order valence-corrected chi connectivity index (χ1v) is 8.01. The van der Waals surface area contributed by atoms with Gasteiger partial charge in [-0.25, -0.2) is 14.4 Å². The summed E-state index contributed by atoms with van der Waals surface area (Å²) in [6.45, 7) is 1.28. The number of hydrazine groups is 1. The second-order valence-corrected chi connectivity index (χ2v) is 5.78. The van der Waals surface area contributed by atoms with Crippen LogP contribution in [0.5, 0.6) is 0 Å². The number of anilines is 1. The Morgan fingerprint density at radius 3 is 2.56 bits per heavy atom. The van der Waals surface area contributed by atoms with Crippen molar-refractivity contribution in [2.24, 2.45) is 5.92 Å². The first kappa shape index (κ1) is 16.8. The number of carbonyl (C=O) groups excluding carboxylic acids is 2. The Bertz CT molecular complexity index is 738. The first-order chi connectivity index (χ1) is 12.1. The van der Waals surface area contributed by atoms with E-state index in [1.807, 2.05) is 4.90 Å². The van der Waals surface area contributed by atoms with Gasteiger partial charge in [-0.1, -0.05) is 0 Å². The number of hydrogen-bond donors (Lipinski definition) is 2. The summed E-state index contributed by atoms with van der Waals surface area (Å²) >= 11 is 0. The molecule has 2 N–H and O–H groups in total. The van der Waals surface area contributed by atoms with E-state index in [2.05, 4.69) is 20.8 Å². The van der Waals surface area contributed by atoms with Gasteiger partial charge in [-0.2, -0.15) is 0 Å². The van der Waals surface area contributed by atoms with E-state index in [-0.39, 0.29) is 17.4 Å². The fourth-order valence-corrected chi connectivity index (χ4v) is 2.72. The third kappa shape index (κ3) is 4.28. The molecule has 2 heterocycles. The van der Waals surface area contributed by atoms with Gasteiger partial charge in [0.25, 0.3) is 5.91 Å². The molecule has 1 aromatic heterocycles. The highest BCUT2D eigenvalue weighted by molar-refractivity contribution is 5.95. The molecule has 1 atom stereocenters. The largest absolute Gasteiger partial charge is 0.340 e. The van der Waals surface area contributed by atoms with Gasteiger partial charge in [-0.3, -0.25) is 20.4 Å². The number of halogens is 1. The lowest BCUT2D eigenvalue weighted by Gasteiger charge is -2.31. The van der Waals surface area contributed by atoms with Crippen molar-refractivity contribution in [1.29, 1.82) is 0 Å². The summed E-state index contributed by atoms with van der Waals surface area (Å²) in [6.07, 6.45) is 4.88. The molecule has 1 aliphatic heterocycles. The summed E-state index contributed by atoms with van der Waals surface area (Å²) < 4.78 is 12.9. The maximum Gasteiger partial charge on any atom is 0.269 e. The molecule has 1 aromatic carbocycles. The molecule has 1 aliphatic rings. The predicted octanol–water partition coefficient (Wildman–Crippen LogP) is 1.29. The zero-order chi connectivity index (χ0) is 17.6. The van der Waals surface area contributed by atoms with Crippen molar-refractivity contribution < 1.29 is 14.0 Å². The third-order valence-corrected chi connectivity index (χ3v) is 4.03. The van der Waals surface area contributed by atoms with Crippen LogP contribution in [0.1, 0.15) is 23.2 Å². The third-order valence-electron chi connectivity index (χ3n) is 4.03. The molecule has 0 spiro atoms. The van der Waals surface area contributed by atoms with Crippen molar-refractivity contribution in [1.82, 2.24) is 20.8 Å². The van der Waals surface area contributed by atoms with Gasteiger partial charge < -0.3 is 4.90 Å². The number of hydrogen-bond acceptors (Lipinski definition) is 5. The van der Waals surface area contributed by atoms with Crippen LogP contribution in [-0.4, -0.2) is 34.9 Å². The van der Waals surface area contributed by atoms with E-state index < -0.39 is 11.7 Å². The van der Waals surface area contributed by atoms with E-state index in [1.165, 1.54) is 24.3 Å². The normalized spacial score (nSPS) is 17.0. The number of nitrogens with one attached hydrogen (secondary N) is 2. The number of benzene rings is 1. The molecule has 2 aromatic rings. The second kappa shape index (κ2) is 7.69. The quantitative estimate of drug-likeness (QED) is 0.820. The average Bonchev–Trinajstić information content (AvgIpc) is 2.67. The van der Waals surface area contributed by atoms with Gasteiger partial charge in [0.05, 0.1) is 5.92 Å². The Morgan fingerprint density at radius 1 is 1.12 bits per heavy atom. The molecule has 0 saturated carbocycles. The van der Waals surface area contributed by atoms with E-state index in [9.17, 15) is 14.0 Å². The lowest BCUT2D eigenvalue weighted by molar-refractivity contribution is -0.126. The molecule has 0 bridgehead atoms. The summed E-state index contributed by atoms with van der Waals surface area (Å²) in [6, 6.07) is 6.83. The van der Waals surface area contributed by atoms with E-state index in [0.717, 1.165) is 19.4 Å². The SMILES string of the molecule is O=C(NNC(=O)[C@H]1CCCN(c2ncccn2)C1)c1ccc(F)cc1. The van der Waals surface area contributed by atoms with Crippen LogP contribution in [0.15, 0.2) is 42.7 Å². The molecule has 1 fully saturated rings. The van der Waals surface area contributed by atoms with Crippen LogP contribution in [0.4, 0.5) is 10.3 Å². The zero-order valence-corrected chi connectivity index (χ0v) is 13.5. The highest BCUT2D eigenvalue weighted by Crippen LogP contribution is 2.19. The Morgan fingerprint density at radius 2 is 1.84 bits per heavy atom. The van der Waals surface area contributed by atoms with Gasteiger partial charge in [0.2, 0.25) is 11.9 Å². The maximum absolute atomic E-state index is 12.9. The second-order valence-electron chi connectivity index (χ2n) is 5.78. The smallest absolute Gasteiger partial charge is 0.269 e. The molecule has 25 heavy (non-hydrogen) atoms. The molecule has 1 saturated heterocycles. The van der Waals surface area contributed by atoms with Crippen LogP contribution in [0.25, 0.3) is 0 Å². The van der Waals surface area contributed by atoms with Crippen molar-refractivity contribution in [3.05, 3.63) is 54.1 Å². The molecule has 0 unspecified atom stereocenters. The van der Waals surface area contributed by atoms with Crippen molar-refractivity contribution in [3.8, 4) is 0 Å². The zero-order valence-electron chi connectivity index (χ0n) is 13.5. The molecular formula is C17H18FN5O2. The van der Waals surface area contributed by atoms with Crippen LogP contribution in [0.3, 0.4) is 0 Å². The summed E-state index contributed by atoms with van der Waals surface area (Å²) in [5.41, 5.74) is 5.07. The molecular weight excluding hydrogens is 325 g/mol. The van der Waals surface area contributed by atoms with Crippen LogP contribution in [0.2, 0.25) is 0 Å². The molecule has 2 amide bonds. The van der Waals surface area contributed by atoms with Gasteiger partial charge in [-0.15, -0.1) is 0 Å². The minimum absolute atomic E-state index is 0.268.